The SMILES string of the molecule is CCCCCC1OC1CC=CCCCCCCCC(=O)NCCCCCCNC(=O)CCCCCCCC=CCC1OC1CCCCC. The van der Waals surface area contributed by atoms with E-state index in [1.54, 1.807) is 0 Å². The molecule has 48 heavy (non-hydrogen) atoms. The number of hydrogen-bond acceptors (Lipinski definition) is 4. The van der Waals surface area contributed by atoms with E-state index in [1.165, 1.54) is 89.9 Å². The Morgan fingerprint density at radius 3 is 1.29 bits per heavy atom. The van der Waals surface area contributed by atoms with Crippen LogP contribution in [0.2, 0.25) is 0 Å². The van der Waals surface area contributed by atoms with Crippen molar-refractivity contribution in [3.8, 4) is 0 Å². The first-order valence-electron chi connectivity index (χ1n) is 20.8. The van der Waals surface area contributed by atoms with E-state index in [2.05, 4.69) is 48.8 Å². The molecule has 278 valence electrons. The van der Waals surface area contributed by atoms with Gasteiger partial charge in [0.1, 0.15) is 0 Å². The molecule has 0 aromatic heterocycles. The average molecular weight is 673 g/mol. The second-order valence-corrected chi connectivity index (χ2v) is 14.6. The molecular weight excluding hydrogens is 596 g/mol. The maximum atomic E-state index is 12.1. The van der Waals surface area contributed by atoms with E-state index in [-0.39, 0.29) is 11.8 Å². The van der Waals surface area contributed by atoms with E-state index in [1.807, 2.05) is 0 Å². The number of carbonyl (C=O) groups is 2. The Kier molecular flexibility index (Phi) is 26.7. The summed E-state index contributed by atoms with van der Waals surface area (Å²) in [4.78, 5) is 24.2. The highest BCUT2D eigenvalue weighted by Gasteiger charge is 2.37. The Morgan fingerprint density at radius 2 is 0.854 bits per heavy atom. The fraction of sp³-hybridized carbons (Fsp3) is 0.857. The van der Waals surface area contributed by atoms with Crippen molar-refractivity contribution in [2.75, 3.05) is 13.1 Å². The van der Waals surface area contributed by atoms with Crippen LogP contribution in [-0.2, 0) is 19.1 Å². The highest BCUT2D eigenvalue weighted by molar-refractivity contribution is 5.76. The molecule has 0 saturated carbocycles. The summed E-state index contributed by atoms with van der Waals surface area (Å²) < 4.78 is 11.5. The van der Waals surface area contributed by atoms with Crippen molar-refractivity contribution >= 4 is 11.8 Å². The van der Waals surface area contributed by atoms with Crippen molar-refractivity contribution in [2.45, 2.75) is 218 Å². The molecule has 2 saturated heterocycles. The van der Waals surface area contributed by atoms with Crippen molar-refractivity contribution in [3.63, 3.8) is 0 Å². The molecule has 0 radical (unpaired) electrons. The number of epoxide rings is 2. The maximum Gasteiger partial charge on any atom is 0.219 e. The van der Waals surface area contributed by atoms with Crippen LogP contribution in [0.4, 0.5) is 0 Å². The summed E-state index contributed by atoms with van der Waals surface area (Å²) >= 11 is 0. The van der Waals surface area contributed by atoms with Gasteiger partial charge in [0, 0.05) is 25.9 Å². The lowest BCUT2D eigenvalue weighted by Crippen LogP contribution is -2.24. The molecule has 0 aromatic rings. The van der Waals surface area contributed by atoms with Gasteiger partial charge in [-0.1, -0.05) is 128 Å². The number of carbonyl (C=O) groups excluding carboxylic acids is 2. The first-order chi connectivity index (χ1) is 23.6. The molecule has 2 amide bonds. The minimum atomic E-state index is 0.197. The van der Waals surface area contributed by atoms with Gasteiger partial charge in [-0.05, 0) is 77.0 Å². The molecule has 4 unspecified atom stereocenters. The largest absolute Gasteiger partial charge is 0.369 e. The molecule has 0 bridgehead atoms. The molecule has 2 heterocycles. The summed E-state index contributed by atoms with van der Waals surface area (Å²) in [6.07, 6.45) is 43.4. The van der Waals surface area contributed by atoms with Gasteiger partial charge in [0.15, 0.2) is 0 Å². The quantitative estimate of drug-likeness (QED) is 0.0399. The van der Waals surface area contributed by atoms with Crippen LogP contribution in [-0.4, -0.2) is 49.3 Å². The lowest BCUT2D eigenvalue weighted by atomic mass is 10.1. The molecule has 6 heteroatoms. The molecule has 0 aliphatic carbocycles. The third-order valence-corrected chi connectivity index (χ3v) is 9.93. The molecule has 6 nitrogen and oxygen atoms in total. The molecule has 2 aliphatic heterocycles. The summed E-state index contributed by atoms with van der Waals surface area (Å²) in [6.45, 7) is 6.05. The standard InChI is InChI=1S/C42H76N2O4/c1-3-5-21-29-37-39(47-37)31-23-15-11-7-9-13-17-25-33-41(45)43-35-27-19-20-28-36-44-42(46)34-26-18-14-10-8-12-16-24-32-40-38(48-40)30-22-6-4-2/h15-16,23-24,37-40H,3-14,17-22,25-36H2,1-2H3,(H,43,45)(H,44,46). The molecule has 2 rings (SSSR count). The van der Waals surface area contributed by atoms with E-state index in [0.29, 0.717) is 37.3 Å². The second-order valence-electron chi connectivity index (χ2n) is 14.6. The van der Waals surface area contributed by atoms with Crippen LogP contribution in [0.1, 0.15) is 194 Å². The molecule has 2 N–H and O–H groups in total. The topological polar surface area (TPSA) is 83.3 Å². The summed E-state index contributed by atoms with van der Waals surface area (Å²) in [5, 5.41) is 6.15. The third-order valence-electron chi connectivity index (χ3n) is 9.93. The summed E-state index contributed by atoms with van der Waals surface area (Å²) in [7, 11) is 0. The monoisotopic (exact) mass is 673 g/mol. The third kappa shape index (κ3) is 25.3. The number of amides is 2. The smallest absolute Gasteiger partial charge is 0.219 e. The maximum absolute atomic E-state index is 12.1. The second kappa shape index (κ2) is 30.2. The Balaban J connectivity index is 1.22. The van der Waals surface area contributed by atoms with Crippen molar-refractivity contribution in [1.29, 1.82) is 0 Å². The Bertz CT molecular complexity index is 775. The van der Waals surface area contributed by atoms with Gasteiger partial charge in [0.05, 0.1) is 24.4 Å². The van der Waals surface area contributed by atoms with Crippen LogP contribution in [0, 0.1) is 0 Å². The van der Waals surface area contributed by atoms with Gasteiger partial charge >= 0.3 is 0 Å². The lowest BCUT2D eigenvalue weighted by molar-refractivity contribution is -0.122. The predicted molar refractivity (Wildman–Crippen MR) is 202 cm³/mol. The van der Waals surface area contributed by atoms with Gasteiger partial charge in [-0.2, -0.15) is 0 Å². The lowest BCUT2D eigenvalue weighted by Gasteiger charge is -2.07. The van der Waals surface area contributed by atoms with Crippen molar-refractivity contribution < 1.29 is 19.1 Å². The van der Waals surface area contributed by atoms with Crippen molar-refractivity contribution in [1.82, 2.24) is 10.6 Å². The number of rotatable bonds is 35. The van der Waals surface area contributed by atoms with E-state index in [0.717, 1.165) is 90.1 Å². The van der Waals surface area contributed by atoms with E-state index >= 15 is 0 Å². The van der Waals surface area contributed by atoms with Gasteiger partial charge < -0.3 is 20.1 Å². The predicted octanol–water partition coefficient (Wildman–Crippen LogP) is 10.8. The van der Waals surface area contributed by atoms with Crippen LogP contribution >= 0.6 is 0 Å². The first-order valence-corrected chi connectivity index (χ1v) is 20.8. The normalized spacial score (nSPS) is 20.1. The molecule has 2 fully saturated rings. The highest BCUT2D eigenvalue weighted by atomic mass is 16.6. The Hall–Kier alpha value is -1.66. The van der Waals surface area contributed by atoms with Gasteiger partial charge in [-0.15, -0.1) is 0 Å². The Labute approximate surface area is 296 Å². The minimum absolute atomic E-state index is 0.197. The van der Waals surface area contributed by atoms with Gasteiger partial charge in [0.25, 0.3) is 0 Å². The van der Waals surface area contributed by atoms with E-state index in [9.17, 15) is 9.59 Å². The van der Waals surface area contributed by atoms with Gasteiger partial charge in [-0.25, -0.2) is 0 Å². The fourth-order valence-electron chi connectivity index (χ4n) is 6.56. The first kappa shape index (κ1) is 42.5. The van der Waals surface area contributed by atoms with Crippen LogP contribution in [0.5, 0.6) is 0 Å². The number of nitrogens with one attached hydrogen (secondary N) is 2. The molecule has 0 aromatic carbocycles. The van der Waals surface area contributed by atoms with E-state index < -0.39 is 0 Å². The van der Waals surface area contributed by atoms with Crippen LogP contribution in [0.15, 0.2) is 24.3 Å². The van der Waals surface area contributed by atoms with Gasteiger partial charge in [0.2, 0.25) is 11.8 Å². The number of hydrogen-bond donors (Lipinski definition) is 2. The molecule has 2 aliphatic rings. The number of allylic oxidation sites excluding steroid dienone is 2. The molecule has 4 atom stereocenters. The van der Waals surface area contributed by atoms with E-state index in [4.69, 9.17) is 9.47 Å². The van der Waals surface area contributed by atoms with Crippen LogP contribution in [0.25, 0.3) is 0 Å². The average Bonchev–Trinajstić information content (AvgIpc) is 4.01. The highest BCUT2D eigenvalue weighted by Crippen LogP contribution is 2.31. The van der Waals surface area contributed by atoms with Crippen molar-refractivity contribution in [3.05, 3.63) is 24.3 Å². The molecule has 0 spiro atoms. The summed E-state index contributed by atoms with van der Waals surface area (Å²) in [5.74, 6) is 0.394. The zero-order valence-corrected chi connectivity index (χ0v) is 31.5. The number of ether oxygens (including phenoxy) is 2. The molecular formula is C42H76N2O4. The van der Waals surface area contributed by atoms with Crippen molar-refractivity contribution in [2.24, 2.45) is 0 Å². The van der Waals surface area contributed by atoms with Gasteiger partial charge in [-0.3, -0.25) is 9.59 Å². The Morgan fingerprint density at radius 1 is 0.458 bits per heavy atom. The van der Waals surface area contributed by atoms with Crippen LogP contribution in [0.3, 0.4) is 0 Å². The summed E-state index contributed by atoms with van der Waals surface area (Å²) in [6, 6.07) is 0. The minimum Gasteiger partial charge on any atom is -0.369 e. The fourth-order valence-corrected chi connectivity index (χ4v) is 6.56. The zero-order valence-electron chi connectivity index (χ0n) is 31.5. The zero-order chi connectivity index (χ0) is 34.3. The number of unbranched alkanes of at least 4 members (excludes halogenated alkanes) is 17. The summed E-state index contributed by atoms with van der Waals surface area (Å²) in [5.41, 5.74) is 0. The van der Waals surface area contributed by atoms with Crippen LogP contribution < -0.4 is 10.6 Å².